The van der Waals surface area contributed by atoms with Gasteiger partial charge in [0.15, 0.2) is 5.65 Å². The number of carbonyl (C=O) groups excluding carboxylic acids is 1. The minimum atomic E-state index is -1.29. The van der Waals surface area contributed by atoms with Gasteiger partial charge in [-0.2, -0.15) is 0 Å². The summed E-state index contributed by atoms with van der Waals surface area (Å²) < 4.78 is 1.67. The smallest absolute Gasteiger partial charge is 0.328 e. The summed E-state index contributed by atoms with van der Waals surface area (Å²) in [6.45, 7) is -0.348. The zero-order valence-electron chi connectivity index (χ0n) is 10.4. The van der Waals surface area contributed by atoms with Gasteiger partial charge in [0.05, 0.1) is 19.1 Å². The van der Waals surface area contributed by atoms with Crippen molar-refractivity contribution in [3.8, 4) is 0 Å². The summed E-state index contributed by atoms with van der Waals surface area (Å²) in [6.07, 6.45) is 4.53. The van der Waals surface area contributed by atoms with Crippen LogP contribution in [0.3, 0.4) is 0 Å². The summed E-state index contributed by atoms with van der Waals surface area (Å²) in [6, 6.07) is -1.29. The normalized spacial score (nSPS) is 12.2. The molecule has 0 aliphatic heterocycles. The number of carboxylic acids is 1. The summed E-state index contributed by atoms with van der Waals surface area (Å²) in [5, 5.41) is 19.7. The van der Waals surface area contributed by atoms with E-state index in [1.807, 2.05) is 0 Å². The maximum Gasteiger partial charge on any atom is 0.328 e. The number of nitrogens with one attached hydrogen (secondary N) is 1. The number of hydrogen-bond acceptors (Lipinski definition) is 6. The Morgan fingerprint density at radius 3 is 2.90 bits per heavy atom. The van der Waals surface area contributed by atoms with Crippen LogP contribution in [0, 0.1) is 0 Å². The third-order valence-electron chi connectivity index (χ3n) is 2.68. The third kappa shape index (κ3) is 3.06. The van der Waals surface area contributed by atoms with E-state index in [2.05, 4.69) is 20.3 Å². The van der Waals surface area contributed by atoms with E-state index in [9.17, 15) is 9.59 Å². The van der Waals surface area contributed by atoms with E-state index >= 15 is 0 Å². The van der Waals surface area contributed by atoms with Crippen LogP contribution < -0.4 is 5.32 Å². The lowest BCUT2D eigenvalue weighted by Gasteiger charge is -2.11. The van der Waals surface area contributed by atoms with Crippen molar-refractivity contribution in [3.63, 3.8) is 0 Å². The van der Waals surface area contributed by atoms with Crippen LogP contribution in [0.4, 0.5) is 0 Å². The molecule has 0 saturated heterocycles. The van der Waals surface area contributed by atoms with Gasteiger partial charge in [-0.1, -0.05) is 0 Å². The minimum Gasteiger partial charge on any atom is -0.480 e. The van der Waals surface area contributed by atoms with Crippen LogP contribution >= 0.6 is 0 Å². The number of aryl methyl sites for hydroxylation is 1. The molecule has 0 bridgehead atoms. The molecule has 0 unspecified atom stereocenters. The lowest BCUT2D eigenvalue weighted by Crippen LogP contribution is -2.43. The number of imidazole rings is 1. The van der Waals surface area contributed by atoms with Crippen molar-refractivity contribution in [2.75, 3.05) is 6.61 Å². The molecule has 0 saturated carbocycles. The van der Waals surface area contributed by atoms with Crippen molar-refractivity contribution in [3.05, 3.63) is 18.9 Å². The Morgan fingerprint density at radius 2 is 2.20 bits per heavy atom. The molecular formula is C11H13N5O4. The van der Waals surface area contributed by atoms with Crippen molar-refractivity contribution in [2.24, 2.45) is 0 Å². The van der Waals surface area contributed by atoms with Crippen molar-refractivity contribution in [1.29, 1.82) is 0 Å². The first-order chi connectivity index (χ1) is 9.61. The molecule has 0 spiro atoms. The highest BCUT2D eigenvalue weighted by molar-refractivity contribution is 5.83. The van der Waals surface area contributed by atoms with Gasteiger partial charge in [0.1, 0.15) is 17.9 Å². The van der Waals surface area contributed by atoms with Gasteiger partial charge in [-0.25, -0.2) is 19.7 Å². The number of carboxylic acid groups (broad SMARTS) is 1. The van der Waals surface area contributed by atoms with E-state index in [1.54, 1.807) is 10.8 Å². The zero-order valence-corrected chi connectivity index (χ0v) is 10.4. The molecule has 0 aliphatic carbocycles. The largest absolute Gasteiger partial charge is 0.480 e. The van der Waals surface area contributed by atoms with Gasteiger partial charge < -0.3 is 20.1 Å². The van der Waals surface area contributed by atoms with Gasteiger partial charge in [-0.15, -0.1) is 0 Å². The van der Waals surface area contributed by atoms with Crippen LogP contribution in [-0.4, -0.2) is 54.3 Å². The SMILES string of the molecule is O=C(CCn1cnc2cncnc21)N[C@@H](CO)C(=O)O. The Hall–Kier alpha value is -2.55. The highest BCUT2D eigenvalue weighted by atomic mass is 16.4. The van der Waals surface area contributed by atoms with Crippen LogP contribution in [0.15, 0.2) is 18.9 Å². The second-order valence-electron chi connectivity index (χ2n) is 4.06. The quantitative estimate of drug-likeness (QED) is 0.604. The summed E-state index contributed by atoms with van der Waals surface area (Å²) in [7, 11) is 0. The summed E-state index contributed by atoms with van der Waals surface area (Å²) in [5.41, 5.74) is 1.22. The van der Waals surface area contributed by atoms with Crippen molar-refractivity contribution in [1.82, 2.24) is 24.8 Å². The summed E-state index contributed by atoms with van der Waals surface area (Å²) in [4.78, 5) is 34.2. The number of aliphatic hydroxyl groups excluding tert-OH is 1. The number of hydrogen-bond donors (Lipinski definition) is 3. The molecule has 0 fully saturated rings. The number of amides is 1. The van der Waals surface area contributed by atoms with Crippen molar-refractivity contribution < 1.29 is 19.8 Å². The second kappa shape index (κ2) is 6.06. The molecule has 0 radical (unpaired) electrons. The molecule has 2 aromatic heterocycles. The Kier molecular flexibility index (Phi) is 4.20. The number of aliphatic hydroxyl groups is 1. The van der Waals surface area contributed by atoms with Crippen LogP contribution in [-0.2, 0) is 16.1 Å². The Labute approximate surface area is 113 Å². The number of fused-ring (bicyclic) bond motifs is 1. The molecule has 0 aliphatic rings. The number of nitrogens with zero attached hydrogens (tertiary/aromatic N) is 4. The van der Waals surface area contributed by atoms with E-state index in [0.29, 0.717) is 17.7 Å². The number of aliphatic carboxylic acids is 1. The predicted octanol–water partition coefficient (Wildman–Crippen LogP) is -1.22. The minimum absolute atomic E-state index is 0.0548. The molecule has 2 aromatic rings. The highest BCUT2D eigenvalue weighted by Crippen LogP contribution is 2.07. The summed E-state index contributed by atoms with van der Waals surface area (Å²) in [5.74, 6) is -1.75. The van der Waals surface area contributed by atoms with Crippen molar-refractivity contribution in [2.45, 2.75) is 19.0 Å². The Balaban J connectivity index is 1.95. The molecule has 2 heterocycles. The molecule has 1 atom stereocenters. The van der Waals surface area contributed by atoms with Crippen LogP contribution in [0.5, 0.6) is 0 Å². The monoisotopic (exact) mass is 279 g/mol. The fourth-order valence-corrected chi connectivity index (χ4v) is 1.65. The molecule has 9 heteroatoms. The number of rotatable bonds is 6. The fourth-order valence-electron chi connectivity index (χ4n) is 1.65. The topological polar surface area (TPSA) is 130 Å². The zero-order chi connectivity index (χ0) is 14.5. The maximum atomic E-state index is 11.6. The average Bonchev–Trinajstić information content (AvgIpc) is 2.85. The highest BCUT2D eigenvalue weighted by Gasteiger charge is 2.18. The first-order valence-electron chi connectivity index (χ1n) is 5.85. The standard InChI is InChI=1S/C11H13N5O4/c17-4-8(11(19)20)15-9(18)1-2-16-6-14-7-3-12-5-13-10(7)16/h3,5-6,8,17H,1-2,4H2,(H,15,18)(H,19,20)/t8-/m0/s1. The third-order valence-corrected chi connectivity index (χ3v) is 2.68. The molecule has 3 N–H and O–H groups in total. The molecule has 20 heavy (non-hydrogen) atoms. The van der Waals surface area contributed by atoms with E-state index < -0.39 is 24.5 Å². The molecule has 1 amide bonds. The Morgan fingerprint density at radius 1 is 1.40 bits per heavy atom. The average molecular weight is 279 g/mol. The van der Waals surface area contributed by atoms with Gasteiger partial charge in [-0.3, -0.25) is 4.79 Å². The lowest BCUT2D eigenvalue weighted by atomic mass is 10.3. The van der Waals surface area contributed by atoms with Crippen LogP contribution in [0.1, 0.15) is 6.42 Å². The fraction of sp³-hybridized carbons (Fsp3) is 0.364. The van der Waals surface area contributed by atoms with Gasteiger partial charge in [-0.05, 0) is 0 Å². The first-order valence-corrected chi connectivity index (χ1v) is 5.85. The van der Waals surface area contributed by atoms with Crippen molar-refractivity contribution >= 4 is 23.0 Å². The molecule has 106 valence electrons. The van der Waals surface area contributed by atoms with E-state index in [4.69, 9.17) is 10.2 Å². The van der Waals surface area contributed by atoms with Gasteiger partial charge >= 0.3 is 5.97 Å². The molecular weight excluding hydrogens is 266 g/mol. The number of carbonyl (C=O) groups is 2. The van der Waals surface area contributed by atoms with E-state index in [0.717, 1.165) is 0 Å². The number of aromatic nitrogens is 4. The predicted molar refractivity (Wildman–Crippen MR) is 66.6 cm³/mol. The van der Waals surface area contributed by atoms with Gasteiger partial charge in [0.2, 0.25) is 5.91 Å². The van der Waals surface area contributed by atoms with E-state index in [-0.39, 0.29) is 6.42 Å². The van der Waals surface area contributed by atoms with Crippen LogP contribution in [0.2, 0.25) is 0 Å². The second-order valence-corrected chi connectivity index (χ2v) is 4.06. The molecule has 9 nitrogen and oxygen atoms in total. The van der Waals surface area contributed by atoms with Gasteiger partial charge in [0, 0.05) is 13.0 Å². The van der Waals surface area contributed by atoms with Crippen LogP contribution in [0.25, 0.3) is 11.2 Å². The molecule has 0 aromatic carbocycles. The van der Waals surface area contributed by atoms with E-state index in [1.165, 1.54) is 12.7 Å². The van der Waals surface area contributed by atoms with Gasteiger partial charge in [0.25, 0.3) is 0 Å². The lowest BCUT2D eigenvalue weighted by molar-refractivity contribution is -0.143. The molecule has 2 rings (SSSR count). The Bertz CT molecular complexity index is 626. The maximum absolute atomic E-state index is 11.6. The first kappa shape index (κ1) is 13.9. The summed E-state index contributed by atoms with van der Waals surface area (Å²) >= 11 is 0.